The quantitative estimate of drug-likeness (QED) is 0.791. The average molecular weight is 262 g/mol. The highest BCUT2D eigenvalue weighted by molar-refractivity contribution is 5.28. The van der Waals surface area contributed by atoms with Crippen LogP contribution in [0.5, 0.6) is 5.75 Å². The van der Waals surface area contributed by atoms with Gasteiger partial charge in [-0.1, -0.05) is 12.1 Å². The number of β-amino-alcohol motifs (C(OH)–C–C–N with tert-alkyl or cyclic N) is 2. The Balaban J connectivity index is 1.72. The SMILES string of the molecule is N#CCc1ccc(OCCN2CC(O)C(O)C2)cc1. The molecule has 1 aliphatic heterocycles. The van der Waals surface area contributed by atoms with Gasteiger partial charge in [-0.15, -0.1) is 0 Å². The van der Waals surface area contributed by atoms with Gasteiger partial charge in [0.25, 0.3) is 0 Å². The molecule has 0 saturated carbocycles. The lowest BCUT2D eigenvalue weighted by Crippen LogP contribution is -2.27. The lowest BCUT2D eigenvalue weighted by Gasteiger charge is -2.15. The van der Waals surface area contributed by atoms with E-state index in [1.807, 2.05) is 29.2 Å². The van der Waals surface area contributed by atoms with E-state index < -0.39 is 12.2 Å². The summed E-state index contributed by atoms with van der Waals surface area (Å²) in [4.78, 5) is 1.97. The van der Waals surface area contributed by atoms with Gasteiger partial charge in [0.1, 0.15) is 12.4 Å². The van der Waals surface area contributed by atoms with E-state index in [4.69, 9.17) is 10.00 Å². The molecule has 2 N–H and O–H groups in total. The number of rotatable bonds is 5. The van der Waals surface area contributed by atoms with Gasteiger partial charge in [0.15, 0.2) is 0 Å². The van der Waals surface area contributed by atoms with Crippen molar-refractivity contribution >= 4 is 0 Å². The number of ether oxygens (including phenoxy) is 1. The molecule has 19 heavy (non-hydrogen) atoms. The number of benzene rings is 1. The van der Waals surface area contributed by atoms with E-state index in [2.05, 4.69) is 6.07 Å². The molecule has 0 spiro atoms. The molecule has 1 fully saturated rings. The highest BCUT2D eigenvalue weighted by Crippen LogP contribution is 2.13. The molecule has 102 valence electrons. The molecule has 1 saturated heterocycles. The van der Waals surface area contributed by atoms with Crippen molar-refractivity contribution in [3.05, 3.63) is 29.8 Å². The topological polar surface area (TPSA) is 76.7 Å². The minimum atomic E-state index is -0.648. The third kappa shape index (κ3) is 3.93. The molecule has 0 aliphatic carbocycles. The largest absolute Gasteiger partial charge is 0.492 e. The first kappa shape index (κ1) is 13.8. The molecule has 5 heteroatoms. The van der Waals surface area contributed by atoms with Gasteiger partial charge in [0.2, 0.25) is 0 Å². The summed E-state index contributed by atoms with van der Waals surface area (Å²) in [5, 5.41) is 27.4. The van der Waals surface area contributed by atoms with Gasteiger partial charge < -0.3 is 14.9 Å². The monoisotopic (exact) mass is 262 g/mol. The number of hydrogen-bond acceptors (Lipinski definition) is 5. The van der Waals surface area contributed by atoms with E-state index in [1.165, 1.54) is 0 Å². The first-order valence-electron chi connectivity index (χ1n) is 6.36. The summed E-state index contributed by atoms with van der Waals surface area (Å²) in [6, 6.07) is 9.55. The number of hydrogen-bond donors (Lipinski definition) is 2. The first-order chi connectivity index (χ1) is 9.19. The van der Waals surface area contributed by atoms with E-state index >= 15 is 0 Å². The Bertz CT molecular complexity index is 431. The summed E-state index contributed by atoms with van der Waals surface area (Å²) < 4.78 is 5.58. The van der Waals surface area contributed by atoms with Crippen LogP contribution in [0.4, 0.5) is 0 Å². The minimum absolute atomic E-state index is 0.407. The van der Waals surface area contributed by atoms with Crippen molar-refractivity contribution < 1.29 is 14.9 Å². The van der Waals surface area contributed by atoms with Crippen molar-refractivity contribution in [3.8, 4) is 11.8 Å². The van der Waals surface area contributed by atoms with Gasteiger partial charge in [-0.3, -0.25) is 4.90 Å². The number of likely N-dealkylation sites (tertiary alicyclic amines) is 1. The van der Waals surface area contributed by atoms with Crippen molar-refractivity contribution in [2.24, 2.45) is 0 Å². The molecule has 0 aromatic heterocycles. The Morgan fingerprint density at radius 3 is 2.42 bits per heavy atom. The van der Waals surface area contributed by atoms with Crippen LogP contribution in [0.15, 0.2) is 24.3 Å². The number of aliphatic hydroxyl groups excluding tert-OH is 2. The maximum atomic E-state index is 9.41. The third-order valence-corrected chi connectivity index (χ3v) is 3.22. The Labute approximate surface area is 112 Å². The number of aliphatic hydroxyl groups is 2. The minimum Gasteiger partial charge on any atom is -0.492 e. The van der Waals surface area contributed by atoms with Gasteiger partial charge in [-0.05, 0) is 17.7 Å². The zero-order valence-corrected chi connectivity index (χ0v) is 10.7. The number of nitrogens with zero attached hydrogens (tertiary/aromatic N) is 2. The lowest BCUT2D eigenvalue weighted by molar-refractivity contribution is 0.0572. The molecular weight excluding hydrogens is 244 g/mol. The molecule has 1 heterocycles. The van der Waals surface area contributed by atoms with Crippen molar-refractivity contribution in [1.82, 2.24) is 4.90 Å². The molecular formula is C14H18N2O3. The maximum Gasteiger partial charge on any atom is 0.119 e. The fraction of sp³-hybridized carbons (Fsp3) is 0.500. The van der Waals surface area contributed by atoms with Gasteiger partial charge in [-0.25, -0.2) is 0 Å². The van der Waals surface area contributed by atoms with Crippen LogP contribution in [0.3, 0.4) is 0 Å². The van der Waals surface area contributed by atoms with Gasteiger partial charge in [0.05, 0.1) is 24.7 Å². The van der Waals surface area contributed by atoms with Crippen molar-refractivity contribution in [3.63, 3.8) is 0 Å². The van der Waals surface area contributed by atoms with Crippen LogP contribution < -0.4 is 4.74 Å². The van der Waals surface area contributed by atoms with Crippen molar-refractivity contribution in [2.45, 2.75) is 18.6 Å². The summed E-state index contributed by atoms with van der Waals surface area (Å²) in [6.45, 7) is 2.17. The van der Waals surface area contributed by atoms with Gasteiger partial charge in [-0.2, -0.15) is 5.26 Å². The smallest absolute Gasteiger partial charge is 0.119 e. The van der Waals surface area contributed by atoms with Crippen LogP contribution in [-0.4, -0.2) is 53.6 Å². The predicted octanol–water partition coefficient (Wildman–Crippen LogP) is 0.169. The summed E-state index contributed by atoms with van der Waals surface area (Å²) in [5.41, 5.74) is 0.973. The van der Waals surface area contributed by atoms with Gasteiger partial charge in [0, 0.05) is 19.6 Å². The lowest BCUT2D eigenvalue weighted by atomic mass is 10.2. The zero-order chi connectivity index (χ0) is 13.7. The molecule has 0 bridgehead atoms. The summed E-state index contributed by atoms with van der Waals surface area (Å²) in [7, 11) is 0. The molecule has 1 aromatic rings. The summed E-state index contributed by atoms with van der Waals surface area (Å²) >= 11 is 0. The molecule has 0 amide bonds. The van der Waals surface area contributed by atoms with Crippen LogP contribution in [0.1, 0.15) is 5.56 Å². The highest BCUT2D eigenvalue weighted by Gasteiger charge is 2.28. The Hall–Kier alpha value is -1.61. The normalized spacial score (nSPS) is 23.2. The number of nitriles is 1. The molecule has 1 aliphatic rings. The summed E-state index contributed by atoms with van der Waals surface area (Å²) in [5.74, 6) is 0.766. The second-order valence-electron chi connectivity index (χ2n) is 4.72. The van der Waals surface area contributed by atoms with Crippen LogP contribution in [0, 0.1) is 11.3 Å². The standard InChI is InChI=1S/C14H18N2O3/c15-6-5-11-1-3-12(4-2-11)19-8-7-16-9-13(17)14(18)10-16/h1-4,13-14,17-18H,5,7-10H2. The fourth-order valence-electron chi connectivity index (χ4n) is 2.12. The van der Waals surface area contributed by atoms with Gasteiger partial charge >= 0.3 is 0 Å². The van der Waals surface area contributed by atoms with Crippen LogP contribution >= 0.6 is 0 Å². The average Bonchev–Trinajstić information content (AvgIpc) is 2.71. The maximum absolute atomic E-state index is 9.41. The molecule has 2 atom stereocenters. The van der Waals surface area contributed by atoms with Crippen LogP contribution in [0.25, 0.3) is 0 Å². The van der Waals surface area contributed by atoms with E-state index in [-0.39, 0.29) is 0 Å². The molecule has 2 rings (SSSR count). The molecule has 5 nitrogen and oxygen atoms in total. The van der Waals surface area contributed by atoms with E-state index in [9.17, 15) is 10.2 Å². The van der Waals surface area contributed by atoms with E-state index in [0.29, 0.717) is 32.7 Å². The summed E-state index contributed by atoms with van der Waals surface area (Å²) in [6.07, 6.45) is -0.889. The van der Waals surface area contributed by atoms with Crippen LogP contribution in [-0.2, 0) is 6.42 Å². The van der Waals surface area contributed by atoms with E-state index in [0.717, 1.165) is 11.3 Å². The Morgan fingerprint density at radius 2 is 1.84 bits per heavy atom. The Morgan fingerprint density at radius 1 is 1.21 bits per heavy atom. The zero-order valence-electron chi connectivity index (χ0n) is 10.7. The predicted molar refractivity (Wildman–Crippen MR) is 69.7 cm³/mol. The fourth-order valence-corrected chi connectivity index (χ4v) is 2.12. The highest BCUT2D eigenvalue weighted by atomic mass is 16.5. The van der Waals surface area contributed by atoms with Crippen molar-refractivity contribution in [2.75, 3.05) is 26.2 Å². The molecule has 0 radical (unpaired) electrons. The third-order valence-electron chi connectivity index (χ3n) is 3.22. The Kier molecular flexibility index (Phi) is 4.74. The van der Waals surface area contributed by atoms with Crippen molar-refractivity contribution in [1.29, 1.82) is 5.26 Å². The van der Waals surface area contributed by atoms with Crippen LogP contribution in [0.2, 0.25) is 0 Å². The molecule has 2 unspecified atom stereocenters. The first-order valence-corrected chi connectivity index (χ1v) is 6.36. The van der Waals surface area contributed by atoms with E-state index in [1.54, 1.807) is 0 Å². The second kappa shape index (κ2) is 6.53. The second-order valence-corrected chi connectivity index (χ2v) is 4.72. The molecule has 1 aromatic carbocycles.